The van der Waals surface area contributed by atoms with Crippen LogP contribution in [-0.4, -0.2) is 33.9 Å². The molecule has 9 heteroatoms. The van der Waals surface area contributed by atoms with E-state index in [2.05, 4.69) is 15.4 Å². The molecule has 8 nitrogen and oxygen atoms in total. The molecule has 32 heavy (non-hydrogen) atoms. The molecule has 2 amide bonds. The summed E-state index contributed by atoms with van der Waals surface area (Å²) in [5.41, 5.74) is 2.21. The minimum atomic E-state index is -3.79. The van der Waals surface area contributed by atoms with E-state index in [1.165, 1.54) is 31.4 Å². The van der Waals surface area contributed by atoms with Gasteiger partial charge in [0.2, 0.25) is 5.91 Å². The third-order valence-electron chi connectivity index (χ3n) is 4.48. The lowest BCUT2D eigenvalue weighted by atomic mass is 10.1. The highest BCUT2D eigenvalue weighted by molar-refractivity contribution is 7.92. The number of ether oxygens (including phenoxy) is 1. The Balaban J connectivity index is 1.56. The van der Waals surface area contributed by atoms with E-state index in [1.807, 2.05) is 13.0 Å². The number of carbonyl (C=O) groups is 2. The zero-order chi connectivity index (χ0) is 23.1. The molecule has 0 heterocycles. The van der Waals surface area contributed by atoms with Crippen molar-refractivity contribution < 1.29 is 22.7 Å². The fourth-order valence-corrected chi connectivity index (χ4v) is 3.90. The second-order valence-electron chi connectivity index (χ2n) is 6.96. The van der Waals surface area contributed by atoms with Crippen LogP contribution in [0.15, 0.2) is 77.7 Å². The van der Waals surface area contributed by atoms with Crippen molar-refractivity contribution in [1.82, 2.24) is 5.32 Å². The maximum atomic E-state index is 12.5. The fraction of sp³-hybridized carbons (Fsp3) is 0.130. The molecule has 0 saturated carbocycles. The number of sulfonamides is 1. The quantitative estimate of drug-likeness (QED) is 0.485. The SMILES string of the molecule is COc1ccc(NS(=O)(=O)c2ccc(NC(=O)CNC(=O)c3cccc(C)c3)cc2)cc1. The van der Waals surface area contributed by atoms with Crippen molar-refractivity contribution in [2.24, 2.45) is 0 Å². The van der Waals surface area contributed by atoms with E-state index in [0.29, 0.717) is 22.7 Å². The summed E-state index contributed by atoms with van der Waals surface area (Å²) in [5.74, 6) is -0.170. The zero-order valence-electron chi connectivity index (χ0n) is 17.6. The van der Waals surface area contributed by atoms with Gasteiger partial charge in [-0.1, -0.05) is 17.7 Å². The number of aryl methyl sites for hydroxylation is 1. The number of benzene rings is 3. The summed E-state index contributed by atoms with van der Waals surface area (Å²) in [7, 11) is -2.27. The van der Waals surface area contributed by atoms with Crippen molar-refractivity contribution in [3.63, 3.8) is 0 Å². The lowest BCUT2D eigenvalue weighted by Gasteiger charge is -2.10. The molecule has 3 rings (SSSR count). The first-order valence-electron chi connectivity index (χ1n) is 9.68. The molecule has 0 saturated heterocycles. The van der Waals surface area contributed by atoms with Crippen molar-refractivity contribution in [2.75, 3.05) is 23.7 Å². The Hall–Kier alpha value is -3.85. The highest BCUT2D eigenvalue weighted by atomic mass is 32.2. The Bertz CT molecular complexity index is 1210. The number of nitrogens with one attached hydrogen (secondary N) is 3. The highest BCUT2D eigenvalue weighted by Gasteiger charge is 2.15. The Morgan fingerprint density at radius 3 is 2.19 bits per heavy atom. The van der Waals surface area contributed by atoms with E-state index in [1.54, 1.807) is 42.5 Å². The average molecular weight is 454 g/mol. The molecule has 166 valence electrons. The number of amides is 2. The molecule has 0 aliphatic carbocycles. The van der Waals surface area contributed by atoms with E-state index in [9.17, 15) is 18.0 Å². The number of rotatable bonds is 8. The van der Waals surface area contributed by atoms with Gasteiger partial charge < -0.3 is 15.4 Å². The molecule has 0 atom stereocenters. The van der Waals surface area contributed by atoms with Gasteiger partial charge in [0.05, 0.1) is 18.6 Å². The summed E-state index contributed by atoms with van der Waals surface area (Å²) in [6.45, 7) is 1.66. The highest BCUT2D eigenvalue weighted by Crippen LogP contribution is 2.20. The van der Waals surface area contributed by atoms with E-state index in [-0.39, 0.29) is 17.3 Å². The van der Waals surface area contributed by atoms with E-state index in [4.69, 9.17) is 4.74 Å². The van der Waals surface area contributed by atoms with Crippen LogP contribution in [0.3, 0.4) is 0 Å². The zero-order valence-corrected chi connectivity index (χ0v) is 18.4. The number of methoxy groups -OCH3 is 1. The summed E-state index contributed by atoms with van der Waals surface area (Å²) in [4.78, 5) is 24.3. The number of carbonyl (C=O) groups excluding carboxylic acids is 2. The van der Waals surface area contributed by atoms with Crippen LogP contribution >= 0.6 is 0 Å². The van der Waals surface area contributed by atoms with Crippen LogP contribution in [0.2, 0.25) is 0 Å². The van der Waals surface area contributed by atoms with Gasteiger partial charge in [0.1, 0.15) is 5.75 Å². The smallest absolute Gasteiger partial charge is 0.261 e. The van der Waals surface area contributed by atoms with Crippen molar-refractivity contribution in [3.05, 3.63) is 83.9 Å². The van der Waals surface area contributed by atoms with Crippen LogP contribution in [0.4, 0.5) is 11.4 Å². The third-order valence-corrected chi connectivity index (χ3v) is 5.88. The molecular weight excluding hydrogens is 430 g/mol. The Morgan fingerprint density at radius 1 is 0.906 bits per heavy atom. The standard InChI is InChI=1S/C23H23N3O5S/c1-16-4-3-5-17(14-16)23(28)24-15-22(27)25-18-8-12-21(13-9-18)32(29,30)26-19-6-10-20(31-2)11-7-19/h3-14,26H,15H2,1-2H3,(H,24,28)(H,25,27). The van der Waals surface area contributed by atoms with Crippen molar-refractivity contribution in [2.45, 2.75) is 11.8 Å². The van der Waals surface area contributed by atoms with Gasteiger partial charge in [-0.05, 0) is 67.6 Å². The second-order valence-corrected chi connectivity index (χ2v) is 8.64. The first-order chi connectivity index (χ1) is 15.3. The predicted molar refractivity (Wildman–Crippen MR) is 122 cm³/mol. The molecule has 0 unspecified atom stereocenters. The maximum Gasteiger partial charge on any atom is 0.261 e. The largest absolute Gasteiger partial charge is 0.497 e. The van der Waals surface area contributed by atoms with E-state index < -0.39 is 15.9 Å². The summed E-state index contributed by atoms with van der Waals surface area (Å²) < 4.78 is 32.6. The van der Waals surface area contributed by atoms with Crippen LogP contribution in [0.1, 0.15) is 15.9 Å². The molecule has 0 bridgehead atoms. The fourth-order valence-electron chi connectivity index (χ4n) is 2.84. The van der Waals surface area contributed by atoms with Crippen LogP contribution in [0.5, 0.6) is 5.75 Å². The van der Waals surface area contributed by atoms with Crippen LogP contribution in [0.25, 0.3) is 0 Å². The average Bonchev–Trinajstić information content (AvgIpc) is 2.78. The minimum absolute atomic E-state index is 0.0408. The molecule has 0 radical (unpaired) electrons. The van der Waals surface area contributed by atoms with Crippen LogP contribution in [0, 0.1) is 6.92 Å². The Labute approximate surface area is 186 Å². The summed E-state index contributed by atoms with van der Waals surface area (Å²) in [6, 6.07) is 19.2. The molecular formula is C23H23N3O5S. The molecule has 3 N–H and O–H groups in total. The molecule has 0 spiro atoms. The summed E-state index contributed by atoms with van der Waals surface area (Å²) in [5, 5.41) is 5.17. The number of hydrogen-bond acceptors (Lipinski definition) is 5. The molecule has 0 aliphatic rings. The van der Waals surface area contributed by atoms with Gasteiger partial charge >= 0.3 is 0 Å². The first-order valence-corrected chi connectivity index (χ1v) is 11.2. The lowest BCUT2D eigenvalue weighted by molar-refractivity contribution is -0.115. The van der Waals surface area contributed by atoms with Gasteiger partial charge in [-0.25, -0.2) is 8.42 Å². The molecule has 0 aliphatic heterocycles. The van der Waals surface area contributed by atoms with E-state index >= 15 is 0 Å². The van der Waals surface area contributed by atoms with Gasteiger partial charge in [-0.3, -0.25) is 14.3 Å². The molecule has 0 aromatic heterocycles. The lowest BCUT2D eigenvalue weighted by Crippen LogP contribution is -2.32. The monoisotopic (exact) mass is 453 g/mol. The number of hydrogen-bond donors (Lipinski definition) is 3. The van der Waals surface area contributed by atoms with Crippen LogP contribution in [-0.2, 0) is 14.8 Å². The number of anilines is 2. The van der Waals surface area contributed by atoms with Gasteiger partial charge in [0.25, 0.3) is 15.9 Å². The maximum absolute atomic E-state index is 12.5. The van der Waals surface area contributed by atoms with Crippen LogP contribution < -0.4 is 20.1 Å². The molecule has 0 fully saturated rings. The Morgan fingerprint density at radius 2 is 1.56 bits per heavy atom. The summed E-state index contributed by atoms with van der Waals surface area (Å²) >= 11 is 0. The van der Waals surface area contributed by atoms with Gasteiger partial charge in [-0.15, -0.1) is 0 Å². The summed E-state index contributed by atoms with van der Waals surface area (Å²) in [6.07, 6.45) is 0. The first kappa shape index (κ1) is 22.8. The Kier molecular flexibility index (Phi) is 7.11. The normalized spacial score (nSPS) is 10.8. The van der Waals surface area contributed by atoms with Crippen molar-refractivity contribution >= 4 is 33.2 Å². The predicted octanol–water partition coefficient (Wildman–Crippen LogP) is 3.17. The molecule has 3 aromatic carbocycles. The van der Waals surface area contributed by atoms with Crippen molar-refractivity contribution in [3.8, 4) is 5.75 Å². The van der Waals surface area contributed by atoms with E-state index in [0.717, 1.165) is 5.56 Å². The third kappa shape index (κ3) is 6.08. The van der Waals surface area contributed by atoms with Gasteiger partial charge in [-0.2, -0.15) is 0 Å². The second kappa shape index (κ2) is 9.97. The van der Waals surface area contributed by atoms with Crippen molar-refractivity contribution in [1.29, 1.82) is 0 Å². The van der Waals surface area contributed by atoms with Gasteiger partial charge in [0.15, 0.2) is 0 Å². The van der Waals surface area contributed by atoms with Gasteiger partial charge in [0, 0.05) is 16.9 Å². The minimum Gasteiger partial charge on any atom is -0.497 e. The topological polar surface area (TPSA) is 114 Å². The molecule has 3 aromatic rings.